The van der Waals surface area contributed by atoms with Gasteiger partial charge >= 0.3 is 0 Å². The molecule has 0 saturated heterocycles. The van der Waals surface area contributed by atoms with Gasteiger partial charge in [0.05, 0.1) is 16.8 Å². The van der Waals surface area contributed by atoms with Crippen molar-refractivity contribution in [2.24, 2.45) is 35.5 Å². The monoisotopic (exact) mass is 484 g/mol. The van der Waals surface area contributed by atoms with Gasteiger partial charge < -0.3 is 14.2 Å². The highest BCUT2D eigenvalue weighted by Gasteiger charge is 2.49. The molecule has 0 aliphatic rings. The average Bonchev–Trinajstić information content (AvgIpc) is 2.71. The third-order valence-electron chi connectivity index (χ3n) is 8.73. The largest absolute Gasteiger partial charge is 0.323 e. The molecule has 0 aliphatic heterocycles. The second-order valence-corrected chi connectivity index (χ2v) is 12.7. The van der Waals surface area contributed by atoms with Gasteiger partial charge in [-0.15, -0.1) is 0 Å². The standard InChI is InChI=1S/C31H64O3/c1-16-19-29(22(4)5,23(6)7)32-28(33-30(20-17-2,24(8)9)25(10)11)34-31(21-18-3,26(12)13)27(14)15/h22-28H,16-21H2,1-15H3. The molecule has 0 spiro atoms. The molecular formula is C31H64O3. The van der Waals surface area contributed by atoms with Crippen LogP contribution in [0.1, 0.15) is 142 Å². The van der Waals surface area contributed by atoms with E-state index < -0.39 is 6.48 Å². The van der Waals surface area contributed by atoms with Crippen molar-refractivity contribution in [3.05, 3.63) is 0 Å². The minimum absolute atomic E-state index is 0.294. The number of rotatable bonds is 18. The molecule has 0 fully saturated rings. The summed E-state index contributed by atoms with van der Waals surface area (Å²) in [6, 6.07) is 0. The molecule has 3 heteroatoms. The highest BCUT2D eigenvalue weighted by molar-refractivity contribution is 4.92. The zero-order valence-electron chi connectivity index (χ0n) is 26.0. The number of hydrogen-bond acceptors (Lipinski definition) is 3. The molecule has 0 saturated carbocycles. The summed E-state index contributed by atoms with van der Waals surface area (Å²) in [7, 11) is 0. The highest BCUT2D eigenvalue weighted by atomic mass is 16.9. The zero-order chi connectivity index (χ0) is 26.9. The van der Waals surface area contributed by atoms with Gasteiger partial charge in [-0.3, -0.25) is 0 Å². The molecule has 0 rings (SSSR count). The fraction of sp³-hybridized carbons (Fsp3) is 1.00. The van der Waals surface area contributed by atoms with Crippen molar-refractivity contribution in [3.63, 3.8) is 0 Å². The molecule has 0 aromatic carbocycles. The molecule has 0 unspecified atom stereocenters. The maximum absolute atomic E-state index is 7.16. The fourth-order valence-electron chi connectivity index (χ4n) is 6.51. The Morgan fingerprint density at radius 1 is 0.382 bits per heavy atom. The minimum atomic E-state index is -0.691. The summed E-state index contributed by atoms with van der Waals surface area (Å²) in [5.41, 5.74) is -0.883. The van der Waals surface area contributed by atoms with E-state index >= 15 is 0 Å². The lowest BCUT2D eigenvalue weighted by atomic mass is 9.76. The Bertz CT molecular complexity index is 433. The van der Waals surface area contributed by atoms with E-state index in [4.69, 9.17) is 14.2 Å². The molecule has 3 nitrogen and oxygen atoms in total. The first-order chi connectivity index (χ1) is 15.6. The van der Waals surface area contributed by atoms with E-state index in [1.807, 2.05) is 0 Å². The summed E-state index contributed by atoms with van der Waals surface area (Å²) in [5.74, 6) is 2.16. The minimum Gasteiger partial charge on any atom is -0.323 e. The highest BCUT2D eigenvalue weighted by Crippen LogP contribution is 2.44. The van der Waals surface area contributed by atoms with Crippen molar-refractivity contribution >= 4 is 0 Å². The van der Waals surface area contributed by atoms with Gasteiger partial charge in [0, 0.05) is 0 Å². The van der Waals surface area contributed by atoms with Crippen LogP contribution in [-0.4, -0.2) is 23.3 Å². The average molecular weight is 485 g/mol. The van der Waals surface area contributed by atoms with Crippen LogP contribution in [0.3, 0.4) is 0 Å². The van der Waals surface area contributed by atoms with Gasteiger partial charge in [0.25, 0.3) is 6.48 Å². The summed E-state index contributed by atoms with van der Waals surface area (Å²) in [5, 5.41) is 0. The van der Waals surface area contributed by atoms with E-state index in [0.717, 1.165) is 38.5 Å². The Labute approximate surface area is 215 Å². The van der Waals surface area contributed by atoms with Crippen molar-refractivity contribution < 1.29 is 14.2 Å². The van der Waals surface area contributed by atoms with Gasteiger partial charge in [0.1, 0.15) is 0 Å². The third kappa shape index (κ3) is 7.69. The lowest BCUT2D eigenvalue weighted by Crippen LogP contribution is -2.56. The van der Waals surface area contributed by atoms with Crippen molar-refractivity contribution in [2.75, 3.05) is 0 Å². The van der Waals surface area contributed by atoms with Crippen LogP contribution >= 0.6 is 0 Å². The zero-order valence-corrected chi connectivity index (χ0v) is 26.0. The van der Waals surface area contributed by atoms with Crippen molar-refractivity contribution in [1.29, 1.82) is 0 Å². The van der Waals surface area contributed by atoms with E-state index in [2.05, 4.69) is 104 Å². The predicted molar refractivity (Wildman–Crippen MR) is 149 cm³/mol. The lowest BCUT2D eigenvalue weighted by Gasteiger charge is -2.51. The van der Waals surface area contributed by atoms with Crippen LogP contribution in [0.5, 0.6) is 0 Å². The van der Waals surface area contributed by atoms with E-state index in [1.54, 1.807) is 0 Å². The summed E-state index contributed by atoms with van der Waals surface area (Å²) in [6.07, 6.45) is 6.23. The lowest BCUT2D eigenvalue weighted by molar-refractivity contribution is -0.414. The van der Waals surface area contributed by atoms with Gasteiger partial charge in [-0.2, -0.15) is 0 Å². The van der Waals surface area contributed by atoms with Gasteiger partial charge in [-0.05, 0) is 54.8 Å². The van der Waals surface area contributed by atoms with Gasteiger partial charge in [0.15, 0.2) is 0 Å². The smallest absolute Gasteiger partial charge is 0.273 e. The van der Waals surface area contributed by atoms with Crippen molar-refractivity contribution in [1.82, 2.24) is 0 Å². The normalized spacial score (nSPS) is 14.3. The Hall–Kier alpha value is -0.120. The van der Waals surface area contributed by atoms with E-state index in [9.17, 15) is 0 Å². The fourth-order valence-corrected chi connectivity index (χ4v) is 6.51. The first-order valence-corrected chi connectivity index (χ1v) is 14.7. The van der Waals surface area contributed by atoms with Gasteiger partial charge in [0.2, 0.25) is 0 Å². The molecule has 0 aliphatic carbocycles. The molecule has 0 heterocycles. The summed E-state index contributed by atoms with van der Waals surface area (Å²) < 4.78 is 21.5. The van der Waals surface area contributed by atoms with E-state index in [1.165, 1.54) is 0 Å². The summed E-state index contributed by atoms with van der Waals surface area (Å²) in [6.45, 7) is 33.6. The van der Waals surface area contributed by atoms with Gasteiger partial charge in [-0.1, -0.05) is 123 Å². The Morgan fingerprint density at radius 2 is 0.559 bits per heavy atom. The maximum atomic E-state index is 7.16. The predicted octanol–water partition coefficient (Wildman–Crippen LogP) is 9.87. The van der Waals surface area contributed by atoms with E-state index in [0.29, 0.717) is 35.5 Å². The SMILES string of the molecule is CCCC(OC(OC(CCC)(C(C)C)C(C)C)OC(CCC)(C(C)C)C(C)C)(C(C)C)C(C)C. The molecule has 0 bridgehead atoms. The molecular weight excluding hydrogens is 420 g/mol. The first-order valence-electron chi connectivity index (χ1n) is 14.7. The Balaban J connectivity index is 6.80. The van der Waals surface area contributed by atoms with Crippen LogP contribution in [-0.2, 0) is 14.2 Å². The van der Waals surface area contributed by atoms with Crippen molar-refractivity contribution in [2.45, 2.75) is 166 Å². The molecule has 0 atom stereocenters. The maximum Gasteiger partial charge on any atom is 0.273 e. The van der Waals surface area contributed by atoms with Crippen molar-refractivity contribution in [3.8, 4) is 0 Å². The van der Waals surface area contributed by atoms with Crippen LogP contribution in [0.25, 0.3) is 0 Å². The van der Waals surface area contributed by atoms with E-state index in [-0.39, 0.29) is 16.8 Å². The molecule has 0 amide bonds. The van der Waals surface area contributed by atoms with Crippen LogP contribution in [0, 0.1) is 35.5 Å². The van der Waals surface area contributed by atoms with Crippen LogP contribution in [0.15, 0.2) is 0 Å². The second kappa shape index (κ2) is 14.6. The summed E-state index contributed by atoms with van der Waals surface area (Å²) >= 11 is 0. The number of hydrogen-bond donors (Lipinski definition) is 0. The Morgan fingerprint density at radius 3 is 0.676 bits per heavy atom. The molecule has 0 aromatic heterocycles. The molecule has 0 N–H and O–H groups in total. The van der Waals surface area contributed by atoms with Crippen LogP contribution in [0.4, 0.5) is 0 Å². The molecule has 206 valence electrons. The third-order valence-corrected chi connectivity index (χ3v) is 8.73. The molecule has 34 heavy (non-hydrogen) atoms. The quantitative estimate of drug-likeness (QED) is 0.181. The topological polar surface area (TPSA) is 27.7 Å². The second-order valence-electron chi connectivity index (χ2n) is 12.7. The van der Waals surface area contributed by atoms with Crippen LogP contribution in [0.2, 0.25) is 0 Å². The van der Waals surface area contributed by atoms with Crippen LogP contribution < -0.4 is 0 Å². The number of ether oxygens (including phenoxy) is 3. The summed E-state index contributed by atoms with van der Waals surface area (Å²) in [4.78, 5) is 0. The molecule has 0 radical (unpaired) electrons. The Kier molecular flexibility index (Phi) is 14.5. The first kappa shape index (κ1) is 33.9. The molecule has 0 aromatic rings. The van der Waals surface area contributed by atoms with Gasteiger partial charge in [-0.25, -0.2) is 0 Å².